The summed E-state index contributed by atoms with van der Waals surface area (Å²) in [6.45, 7) is 3.62. The molecule has 0 saturated carbocycles. The number of benzene rings is 2. The lowest BCUT2D eigenvalue weighted by Crippen LogP contribution is -2.49. The molecule has 3 rings (SSSR count). The Morgan fingerprint density at radius 1 is 1.27 bits per heavy atom. The molecule has 2 aromatic carbocycles. The second-order valence-corrected chi connectivity index (χ2v) is 7.42. The van der Waals surface area contributed by atoms with Gasteiger partial charge in [0.25, 0.3) is 17.5 Å². The Kier molecular flexibility index (Phi) is 6.17. The van der Waals surface area contributed by atoms with Crippen LogP contribution < -0.4 is 4.90 Å². The van der Waals surface area contributed by atoms with E-state index in [-0.39, 0.29) is 23.0 Å². The minimum Gasteiger partial charge on any atom is -0.323 e. The molecule has 3 amide bonds. The molecule has 2 atom stereocenters. The number of carbonyl (C=O) groups is 3. The minimum absolute atomic E-state index is 0.0322. The van der Waals surface area contributed by atoms with Crippen molar-refractivity contribution in [1.29, 1.82) is 0 Å². The second kappa shape index (κ2) is 8.62. The number of hydrogen-bond acceptors (Lipinski definition) is 5. The summed E-state index contributed by atoms with van der Waals surface area (Å²) in [4.78, 5) is 52.0. The van der Waals surface area contributed by atoms with Crippen molar-refractivity contribution in [1.82, 2.24) is 4.90 Å². The molecule has 0 bridgehead atoms. The van der Waals surface area contributed by atoms with Gasteiger partial charge in [0, 0.05) is 17.7 Å². The Balaban J connectivity index is 1.98. The third-order valence-electron chi connectivity index (χ3n) is 5.16. The maximum atomic E-state index is 13.3. The molecule has 30 heavy (non-hydrogen) atoms. The van der Waals surface area contributed by atoms with Gasteiger partial charge in [0.05, 0.1) is 17.0 Å². The number of amides is 3. The molecule has 0 aromatic heterocycles. The number of anilines is 1. The standard InChI is InChI=1S/C21H20ClN3O5/c1-3-13(2)23(20(27)14-9-10-16(22)17(11-14)25(29)30)18-12-19(26)24(21(18)28)15-7-5-4-6-8-15/h4-11,13,18H,3,12H2,1-2H3. The Hall–Kier alpha value is -3.26. The van der Waals surface area contributed by atoms with Crippen LogP contribution >= 0.6 is 11.6 Å². The molecule has 2 unspecified atom stereocenters. The Bertz CT molecular complexity index is 1010. The lowest BCUT2D eigenvalue weighted by atomic mass is 10.1. The lowest BCUT2D eigenvalue weighted by Gasteiger charge is -2.33. The van der Waals surface area contributed by atoms with Crippen molar-refractivity contribution in [3.8, 4) is 0 Å². The van der Waals surface area contributed by atoms with Gasteiger partial charge < -0.3 is 4.90 Å². The molecule has 1 saturated heterocycles. The molecule has 1 heterocycles. The molecule has 2 aromatic rings. The first-order valence-corrected chi connectivity index (χ1v) is 9.82. The third kappa shape index (κ3) is 3.91. The highest BCUT2D eigenvalue weighted by atomic mass is 35.5. The van der Waals surface area contributed by atoms with E-state index in [1.165, 1.54) is 17.0 Å². The topological polar surface area (TPSA) is 101 Å². The van der Waals surface area contributed by atoms with Crippen molar-refractivity contribution in [2.24, 2.45) is 0 Å². The van der Waals surface area contributed by atoms with E-state index in [9.17, 15) is 24.5 Å². The molecule has 1 fully saturated rings. The number of carbonyl (C=O) groups excluding carboxylic acids is 3. The number of imide groups is 1. The van der Waals surface area contributed by atoms with Crippen molar-refractivity contribution in [3.63, 3.8) is 0 Å². The van der Waals surface area contributed by atoms with Gasteiger partial charge in [-0.25, -0.2) is 4.90 Å². The zero-order valence-electron chi connectivity index (χ0n) is 16.4. The molecule has 156 valence electrons. The highest BCUT2D eigenvalue weighted by molar-refractivity contribution is 6.32. The monoisotopic (exact) mass is 429 g/mol. The molecule has 1 aliphatic heterocycles. The highest BCUT2D eigenvalue weighted by Gasteiger charge is 2.45. The van der Waals surface area contributed by atoms with Crippen molar-refractivity contribution >= 4 is 40.7 Å². The smallest absolute Gasteiger partial charge is 0.288 e. The van der Waals surface area contributed by atoms with E-state index in [2.05, 4.69) is 0 Å². The minimum atomic E-state index is -0.991. The lowest BCUT2D eigenvalue weighted by molar-refractivity contribution is -0.384. The average molecular weight is 430 g/mol. The Labute approximate surface area is 178 Å². The number of nitro groups is 1. The average Bonchev–Trinajstić information content (AvgIpc) is 3.02. The highest BCUT2D eigenvalue weighted by Crippen LogP contribution is 2.30. The number of hydrogen-bond donors (Lipinski definition) is 0. The fraction of sp³-hybridized carbons (Fsp3) is 0.286. The summed E-state index contributed by atoms with van der Waals surface area (Å²) in [6, 6.07) is 10.9. The van der Waals surface area contributed by atoms with Gasteiger partial charge in [-0.2, -0.15) is 0 Å². The molecule has 9 heteroatoms. The third-order valence-corrected chi connectivity index (χ3v) is 5.48. The Morgan fingerprint density at radius 3 is 2.53 bits per heavy atom. The number of halogens is 1. The quantitative estimate of drug-likeness (QED) is 0.394. The van der Waals surface area contributed by atoms with Gasteiger partial charge in [0.15, 0.2) is 0 Å². The van der Waals surface area contributed by atoms with Crippen LogP contribution in [0.2, 0.25) is 5.02 Å². The molecule has 0 spiro atoms. The number of rotatable bonds is 6. The van der Waals surface area contributed by atoms with E-state index in [1.807, 2.05) is 6.92 Å². The van der Waals surface area contributed by atoms with Crippen molar-refractivity contribution < 1.29 is 19.3 Å². The summed E-state index contributed by atoms with van der Waals surface area (Å²) >= 11 is 5.85. The van der Waals surface area contributed by atoms with Gasteiger partial charge in [-0.15, -0.1) is 0 Å². The van der Waals surface area contributed by atoms with Gasteiger partial charge in [-0.05, 0) is 37.6 Å². The fourth-order valence-electron chi connectivity index (χ4n) is 3.46. The maximum absolute atomic E-state index is 13.3. The summed E-state index contributed by atoms with van der Waals surface area (Å²) in [7, 11) is 0. The first-order valence-electron chi connectivity index (χ1n) is 9.44. The van der Waals surface area contributed by atoms with Crippen LogP contribution in [-0.4, -0.2) is 39.6 Å². The maximum Gasteiger partial charge on any atom is 0.288 e. The van der Waals surface area contributed by atoms with Crippen LogP contribution in [0.15, 0.2) is 48.5 Å². The van der Waals surface area contributed by atoms with Crippen LogP contribution in [0, 0.1) is 10.1 Å². The van der Waals surface area contributed by atoms with Gasteiger partial charge in [-0.3, -0.25) is 24.5 Å². The molecule has 0 radical (unpaired) electrons. The Morgan fingerprint density at radius 2 is 1.93 bits per heavy atom. The van der Waals surface area contributed by atoms with Gasteiger partial charge in [0.1, 0.15) is 11.1 Å². The van der Waals surface area contributed by atoms with E-state index < -0.39 is 34.4 Å². The molecule has 0 N–H and O–H groups in total. The molecular weight excluding hydrogens is 410 g/mol. The normalized spacial score (nSPS) is 17.2. The summed E-state index contributed by atoms with van der Waals surface area (Å²) in [5.74, 6) is -1.46. The van der Waals surface area contributed by atoms with Crippen molar-refractivity contribution in [2.75, 3.05) is 4.90 Å². The summed E-state index contributed by atoms with van der Waals surface area (Å²) < 4.78 is 0. The van der Waals surface area contributed by atoms with E-state index >= 15 is 0 Å². The van der Waals surface area contributed by atoms with Crippen LogP contribution in [0.4, 0.5) is 11.4 Å². The summed E-state index contributed by atoms with van der Waals surface area (Å²) in [6.07, 6.45) is 0.379. The predicted molar refractivity (Wildman–Crippen MR) is 111 cm³/mol. The van der Waals surface area contributed by atoms with Crippen molar-refractivity contribution in [2.45, 2.75) is 38.8 Å². The van der Waals surface area contributed by atoms with Gasteiger partial charge in [-0.1, -0.05) is 36.7 Å². The van der Waals surface area contributed by atoms with E-state index in [0.717, 1.165) is 11.0 Å². The van der Waals surface area contributed by atoms with E-state index in [1.54, 1.807) is 37.3 Å². The predicted octanol–water partition coefficient (Wildman–Crippen LogP) is 3.82. The van der Waals surface area contributed by atoms with Gasteiger partial charge >= 0.3 is 0 Å². The zero-order valence-corrected chi connectivity index (χ0v) is 17.2. The molecule has 8 nitrogen and oxygen atoms in total. The van der Waals surface area contributed by atoms with E-state index in [4.69, 9.17) is 11.6 Å². The van der Waals surface area contributed by atoms with Crippen molar-refractivity contribution in [3.05, 3.63) is 69.2 Å². The zero-order chi connectivity index (χ0) is 22.0. The molecule has 1 aliphatic rings. The van der Waals surface area contributed by atoms with Crippen LogP contribution in [0.25, 0.3) is 0 Å². The summed E-state index contributed by atoms with van der Waals surface area (Å²) in [5.41, 5.74) is 0.0739. The molecular formula is C21H20ClN3O5. The largest absolute Gasteiger partial charge is 0.323 e. The first kappa shape index (κ1) is 21.4. The second-order valence-electron chi connectivity index (χ2n) is 7.02. The number of nitrogens with zero attached hydrogens (tertiary/aromatic N) is 3. The van der Waals surface area contributed by atoms with Crippen LogP contribution in [0.5, 0.6) is 0 Å². The van der Waals surface area contributed by atoms with Crippen LogP contribution in [0.3, 0.4) is 0 Å². The van der Waals surface area contributed by atoms with Crippen LogP contribution in [-0.2, 0) is 9.59 Å². The summed E-state index contributed by atoms with van der Waals surface area (Å²) in [5, 5.41) is 11.1. The number of nitro benzene ring substituents is 1. The number of para-hydroxylation sites is 1. The molecule has 0 aliphatic carbocycles. The van der Waals surface area contributed by atoms with E-state index in [0.29, 0.717) is 12.1 Å². The SMILES string of the molecule is CCC(C)N(C(=O)c1ccc(Cl)c([N+](=O)[O-])c1)C1CC(=O)N(c2ccccc2)C1=O. The first-order chi connectivity index (χ1) is 14.3. The van der Waals surface area contributed by atoms with Gasteiger partial charge in [0.2, 0.25) is 5.91 Å². The fourth-order valence-corrected chi connectivity index (χ4v) is 3.65. The van der Waals surface area contributed by atoms with Crippen LogP contribution in [0.1, 0.15) is 37.0 Å².